The maximum absolute atomic E-state index is 12.6. The van der Waals surface area contributed by atoms with Gasteiger partial charge < -0.3 is 4.90 Å². The first-order chi connectivity index (χ1) is 9.91. The average molecular weight is 308 g/mol. The first-order valence-corrected chi connectivity index (χ1v) is 8.74. The van der Waals surface area contributed by atoms with Gasteiger partial charge in [-0.3, -0.25) is 4.79 Å². The third kappa shape index (κ3) is 2.58. The summed E-state index contributed by atoms with van der Waals surface area (Å²) in [6.45, 7) is 2.25. The fourth-order valence-corrected chi connectivity index (χ4v) is 4.33. The number of carbonyl (C=O) groups excluding carboxylic acids is 1. The molecule has 0 bridgehead atoms. The Morgan fingerprint density at radius 1 is 1.33 bits per heavy atom. The van der Waals surface area contributed by atoms with Crippen molar-refractivity contribution in [1.29, 1.82) is 0 Å². The number of rotatable bonds is 3. The minimum atomic E-state index is -3.42. The highest BCUT2D eigenvalue weighted by Gasteiger charge is 2.35. The van der Waals surface area contributed by atoms with Crippen LogP contribution >= 0.6 is 0 Å². The molecule has 0 radical (unpaired) electrons. The molecular formula is C15H20N2O3S. The first kappa shape index (κ1) is 14.5. The second kappa shape index (κ2) is 5.10. The Labute approximate surface area is 125 Å². The normalized spacial score (nSPS) is 18.7. The Balaban J connectivity index is 1.98. The molecule has 0 spiro atoms. The average Bonchev–Trinajstić information content (AvgIpc) is 3.29. The van der Waals surface area contributed by atoms with Crippen LogP contribution in [0.4, 0.5) is 5.69 Å². The highest BCUT2D eigenvalue weighted by Crippen LogP contribution is 2.33. The van der Waals surface area contributed by atoms with Gasteiger partial charge in [0.1, 0.15) is 0 Å². The van der Waals surface area contributed by atoms with Crippen LogP contribution < -0.4 is 4.90 Å². The van der Waals surface area contributed by atoms with Crippen molar-refractivity contribution in [3.8, 4) is 0 Å². The van der Waals surface area contributed by atoms with Crippen molar-refractivity contribution < 1.29 is 13.2 Å². The van der Waals surface area contributed by atoms with Gasteiger partial charge in [0.25, 0.3) is 0 Å². The van der Waals surface area contributed by atoms with E-state index in [1.807, 2.05) is 0 Å². The lowest BCUT2D eigenvalue weighted by atomic mass is 10.0. The monoisotopic (exact) mass is 308 g/mol. The van der Waals surface area contributed by atoms with Crippen LogP contribution in [0.5, 0.6) is 0 Å². The zero-order chi connectivity index (χ0) is 15.2. The quantitative estimate of drug-likeness (QED) is 0.855. The molecule has 1 aliphatic heterocycles. The molecule has 114 valence electrons. The van der Waals surface area contributed by atoms with Crippen molar-refractivity contribution in [1.82, 2.24) is 4.31 Å². The summed E-state index contributed by atoms with van der Waals surface area (Å²) in [7, 11) is -1.77. The summed E-state index contributed by atoms with van der Waals surface area (Å²) in [5.41, 5.74) is 1.79. The van der Waals surface area contributed by atoms with Crippen LogP contribution in [0.25, 0.3) is 0 Å². The highest BCUT2D eigenvalue weighted by atomic mass is 32.2. The second-order valence-corrected chi connectivity index (χ2v) is 7.81. The van der Waals surface area contributed by atoms with Crippen LogP contribution in [0.15, 0.2) is 23.1 Å². The van der Waals surface area contributed by atoms with Gasteiger partial charge in [0.05, 0.1) is 4.90 Å². The maximum atomic E-state index is 12.6. The molecule has 0 aromatic heterocycles. The van der Waals surface area contributed by atoms with Crippen LogP contribution in [-0.4, -0.2) is 38.3 Å². The highest BCUT2D eigenvalue weighted by molar-refractivity contribution is 7.89. The Morgan fingerprint density at radius 3 is 2.67 bits per heavy atom. The van der Waals surface area contributed by atoms with Crippen LogP contribution in [0.3, 0.4) is 0 Å². The fourth-order valence-electron chi connectivity index (χ4n) is 2.86. The molecule has 3 rings (SSSR count). The third-order valence-electron chi connectivity index (χ3n) is 4.29. The number of hydrogen-bond donors (Lipinski definition) is 0. The number of anilines is 1. The van der Waals surface area contributed by atoms with Gasteiger partial charge in [0.15, 0.2) is 0 Å². The Hall–Kier alpha value is -1.40. The molecule has 2 aliphatic rings. The number of nitrogens with zero attached hydrogens (tertiary/aromatic N) is 2. The Kier molecular flexibility index (Phi) is 3.53. The van der Waals surface area contributed by atoms with E-state index in [0.717, 1.165) is 36.9 Å². The number of aryl methyl sites for hydroxylation is 1. The summed E-state index contributed by atoms with van der Waals surface area (Å²) in [6, 6.07) is 5.27. The van der Waals surface area contributed by atoms with Gasteiger partial charge in [-0.1, -0.05) is 0 Å². The summed E-state index contributed by atoms with van der Waals surface area (Å²) in [4.78, 5) is 13.7. The van der Waals surface area contributed by atoms with Crippen molar-refractivity contribution >= 4 is 21.6 Å². The molecule has 0 N–H and O–H groups in total. The summed E-state index contributed by atoms with van der Waals surface area (Å²) in [5, 5.41) is 0. The van der Waals surface area contributed by atoms with E-state index in [0.29, 0.717) is 11.4 Å². The number of benzene rings is 1. The van der Waals surface area contributed by atoms with Gasteiger partial charge >= 0.3 is 0 Å². The van der Waals surface area contributed by atoms with Gasteiger partial charge in [0.2, 0.25) is 15.9 Å². The van der Waals surface area contributed by atoms with E-state index in [-0.39, 0.29) is 11.9 Å². The molecule has 5 nitrogen and oxygen atoms in total. The topological polar surface area (TPSA) is 57.7 Å². The fraction of sp³-hybridized carbons (Fsp3) is 0.533. The molecule has 1 aromatic rings. The van der Waals surface area contributed by atoms with Crippen LogP contribution in [0, 0.1) is 0 Å². The van der Waals surface area contributed by atoms with Gasteiger partial charge in [-0.05, 0) is 49.4 Å². The van der Waals surface area contributed by atoms with Gasteiger partial charge in [-0.15, -0.1) is 0 Å². The molecule has 1 fully saturated rings. The molecule has 1 heterocycles. The number of hydrogen-bond acceptors (Lipinski definition) is 3. The summed E-state index contributed by atoms with van der Waals surface area (Å²) in [5.74, 6) is 0.00153. The number of fused-ring (bicyclic) bond motifs is 1. The molecule has 0 unspecified atom stereocenters. The van der Waals surface area contributed by atoms with E-state index in [9.17, 15) is 13.2 Å². The Morgan fingerprint density at radius 2 is 2.05 bits per heavy atom. The SMILES string of the molecule is CC(=O)N1CCCc2cc(S(=O)(=O)N(C)C3CC3)ccc21. The molecule has 1 amide bonds. The molecule has 21 heavy (non-hydrogen) atoms. The minimum absolute atomic E-state index is 0.00153. The molecule has 1 aromatic carbocycles. The standard InChI is InChI=1S/C15H20N2O3S/c1-11(18)17-9-3-4-12-10-14(7-8-15(12)17)21(19,20)16(2)13-5-6-13/h7-8,10,13H,3-6,9H2,1-2H3. The van der Waals surface area contributed by atoms with Crippen molar-refractivity contribution in [3.63, 3.8) is 0 Å². The van der Waals surface area contributed by atoms with E-state index in [1.54, 1.807) is 37.1 Å². The third-order valence-corrected chi connectivity index (χ3v) is 6.19. The largest absolute Gasteiger partial charge is 0.312 e. The lowest BCUT2D eigenvalue weighted by Gasteiger charge is -2.29. The van der Waals surface area contributed by atoms with Gasteiger partial charge in [-0.25, -0.2) is 8.42 Å². The minimum Gasteiger partial charge on any atom is -0.312 e. The molecule has 0 saturated heterocycles. The van der Waals surface area contributed by atoms with E-state index >= 15 is 0 Å². The first-order valence-electron chi connectivity index (χ1n) is 7.30. The van der Waals surface area contributed by atoms with Crippen molar-refractivity contribution in [2.45, 2.75) is 43.5 Å². The number of amides is 1. The maximum Gasteiger partial charge on any atom is 0.243 e. The van der Waals surface area contributed by atoms with Crippen LogP contribution in [0.2, 0.25) is 0 Å². The summed E-state index contributed by atoms with van der Waals surface area (Å²) >= 11 is 0. The summed E-state index contributed by atoms with van der Waals surface area (Å²) in [6.07, 6.45) is 3.57. The Bertz CT molecular complexity index is 680. The van der Waals surface area contributed by atoms with Crippen LogP contribution in [-0.2, 0) is 21.2 Å². The van der Waals surface area contributed by atoms with Crippen LogP contribution in [0.1, 0.15) is 31.7 Å². The van der Waals surface area contributed by atoms with Crippen molar-refractivity contribution in [3.05, 3.63) is 23.8 Å². The molecule has 6 heteroatoms. The molecule has 1 aliphatic carbocycles. The lowest BCUT2D eigenvalue weighted by Crippen LogP contribution is -2.34. The van der Waals surface area contributed by atoms with Gasteiger partial charge in [-0.2, -0.15) is 4.31 Å². The lowest BCUT2D eigenvalue weighted by molar-refractivity contribution is -0.116. The molecule has 0 atom stereocenters. The smallest absolute Gasteiger partial charge is 0.243 e. The van der Waals surface area contributed by atoms with E-state index < -0.39 is 10.0 Å². The van der Waals surface area contributed by atoms with Crippen molar-refractivity contribution in [2.75, 3.05) is 18.5 Å². The van der Waals surface area contributed by atoms with E-state index in [4.69, 9.17) is 0 Å². The van der Waals surface area contributed by atoms with E-state index in [1.165, 1.54) is 4.31 Å². The zero-order valence-electron chi connectivity index (χ0n) is 12.4. The number of carbonyl (C=O) groups is 1. The predicted molar refractivity (Wildman–Crippen MR) is 80.8 cm³/mol. The predicted octanol–water partition coefficient (Wildman–Crippen LogP) is 1.77. The molecular weight excluding hydrogens is 288 g/mol. The van der Waals surface area contributed by atoms with E-state index in [2.05, 4.69) is 0 Å². The van der Waals surface area contributed by atoms with Gasteiger partial charge in [0, 0.05) is 32.2 Å². The zero-order valence-corrected chi connectivity index (χ0v) is 13.2. The number of sulfonamides is 1. The summed E-state index contributed by atoms with van der Waals surface area (Å²) < 4.78 is 26.6. The van der Waals surface area contributed by atoms with Crippen molar-refractivity contribution in [2.24, 2.45) is 0 Å². The molecule has 1 saturated carbocycles. The second-order valence-electron chi connectivity index (χ2n) is 5.82.